The fourth-order valence-corrected chi connectivity index (χ4v) is 2.97. The molecule has 0 aromatic heterocycles. The van der Waals surface area contributed by atoms with Crippen LogP contribution >= 0.6 is 0 Å². The monoisotopic (exact) mass is 333 g/mol. The van der Waals surface area contributed by atoms with Crippen molar-refractivity contribution in [3.8, 4) is 0 Å². The predicted octanol–water partition coefficient (Wildman–Crippen LogP) is 0.821. The van der Waals surface area contributed by atoms with E-state index in [0.717, 1.165) is 0 Å². The van der Waals surface area contributed by atoms with Crippen molar-refractivity contribution in [1.29, 1.82) is 0 Å². The molecule has 7 heteroatoms. The lowest BCUT2D eigenvalue weighted by molar-refractivity contribution is -0.295. The van der Waals surface area contributed by atoms with E-state index in [1.807, 2.05) is 0 Å². The van der Waals surface area contributed by atoms with Gasteiger partial charge in [0.1, 0.15) is 18.5 Å². The van der Waals surface area contributed by atoms with Crippen LogP contribution in [-0.4, -0.2) is 48.3 Å². The van der Waals surface area contributed by atoms with Gasteiger partial charge in [0.15, 0.2) is 11.3 Å². The van der Waals surface area contributed by atoms with Crippen molar-refractivity contribution in [3.63, 3.8) is 0 Å². The highest BCUT2D eigenvalue weighted by molar-refractivity contribution is 5.99. The Morgan fingerprint density at radius 1 is 1.33 bits per heavy atom. The van der Waals surface area contributed by atoms with Crippen LogP contribution in [0.3, 0.4) is 0 Å². The van der Waals surface area contributed by atoms with E-state index in [-0.39, 0.29) is 13.0 Å². The van der Waals surface area contributed by atoms with Gasteiger partial charge >= 0.3 is 5.97 Å². The van der Waals surface area contributed by atoms with Crippen molar-refractivity contribution in [2.45, 2.75) is 43.8 Å². The molecule has 2 aliphatic heterocycles. The molecule has 0 bridgehead atoms. The molecular weight excluding hydrogens is 314 g/mol. The third-order valence-electron chi connectivity index (χ3n) is 4.21. The van der Waals surface area contributed by atoms with Gasteiger partial charge in [0.2, 0.25) is 0 Å². The Morgan fingerprint density at radius 3 is 2.71 bits per heavy atom. The van der Waals surface area contributed by atoms with Gasteiger partial charge in [-0.1, -0.05) is 18.2 Å². The maximum absolute atomic E-state index is 12.5. The summed E-state index contributed by atoms with van der Waals surface area (Å²) in [6.45, 7) is 3.32. The summed E-state index contributed by atoms with van der Waals surface area (Å²) in [4.78, 5) is 35.9. The number of amides is 1. The second kappa shape index (κ2) is 5.99. The maximum Gasteiger partial charge on any atom is 0.337 e. The number of aldehydes is 1. The highest BCUT2D eigenvalue weighted by Crippen LogP contribution is 2.38. The van der Waals surface area contributed by atoms with Crippen LogP contribution in [0.5, 0.6) is 0 Å². The molecule has 0 aliphatic carbocycles. The van der Waals surface area contributed by atoms with Crippen LogP contribution in [0, 0.1) is 0 Å². The molecule has 7 nitrogen and oxygen atoms in total. The normalized spacial score (nSPS) is 31.0. The molecule has 2 heterocycles. The Labute approximate surface area is 139 Å². The summed E-state index contributed by atoms with van der Waals surface area (Å²) >= 11 is 0. The van der Waals surface area contributed by atoms with Crippen molar-refractivity contribution in [2.24, 2.45) is 0 Å². The third kappa shape index (κ3) is 2.81. The van der Waals surface area contributed by atoms with Gasteiger partial charge in [-0.15, -0.1) is 0 Å². The number of carbonyl (C=O) groups is 3. The molecule has 1 aromatic rings. The molecule has 2 fully saturated rings. The van der Waals surface area contributed by atoms with Gasteiger partial charge < -0.3 is 24.3 Å². The Morgan fingerprint density at radius 2 is 2.04 bits per heavy atom. The number of fused-ring (bicyclic) bond motifs is 1. The average Bonchev–Trinajstić information content (AvgIpc) is 2.80. The van der Waals surface area contributed by atoms with Gasteiger partial charge in [-0.05, 0) is 26.0 Å². The number of esters is 1. The lowest BCUT2D eigenvalue weighted by Crippen LogP contribution is -2.68. The van der Waals surface area contributed by atoms with Crippen molar-refractivity contribution in [1.82, 2.24) is 5.32 Å². The summed E-state index contributed by atoms with van der Waals surface area (Å²) < 4.78 is 16.7. The second-order valence-corrected chi connectivity index (χ2v) is 6.36. The van der Waals surface area contributed by atoms with Crippen LogP contribution < -0.4 is 5.32 Å². The molecule has 2 saturated heterocycles. The Hall–Kier alpha value is -2.25. The first-order valence-electron chi connectivity index (χ1n) is 7.72. The molecule has 0 radical (unpaired) electrons. The molecular formula is C17H19NO6. The van der Waals surface area contributed by atoms with Crippen molar-refractivity contribution >= 4 is 18.2 Å². The van der Waals surface area contributed by atoms with E-state index in [0.29, 0.717) is 11.8 Å². The van der Waals surface area contributed by atoms with Crippen molar-refractivity contribution in [2.75, 3.05) is 6.61 Å². The van der Waals surface area contributed by atoms with Crippen LogP contribution in [-0.2, 0) is 23.8 Å². The lowest BCUT2D eigenvalue weighted by atomic mass is 9.89. The van der Waals surface area contributed by atoms with Crippen LogP contribution in [0.1, 0.15) is 30.6 Å². The van der Waals surface area contributed by atoms with Gasteiger partial charge in [0.05, 0.1) is 6.61 Å². The van der Waals surface area contributed by atoms with E-state index >= 15 is 0 Å². The summed E-state index contributed by atoms with van der Waals surface area (Å²) in [7, 11) is 0. The third-order valence-corrected chi connectivity index (χ3v) is 4.21. The second-order valence-electron chi connectivity index (χ2n) is 6.36. The number of rotatable bonds is 4. The Kier molecular flexibility index (Phi) is 4.15. The number of hydrogen-bond acceptors (Lipinski definition) is 6. The minimum atomic E-state index is -1.46. The fraction of sp³-hybridized carbons (Fsp3) is 0.471. The molecule has 128 valence electrons. The summed E-state index contributed by atoms with van der Waals surface area (Å²) in [6, 6.07) is 8.51. The van der Waals surface area contributed by atoms with Crippen molar-refractivity contribution < 1.29 is 28.6 Å². The number of nitrogens with one attached hydrogen (secondary N) is 1. The molecule has 3 atom stereocenters. The molecule has 1 N–H and O–H groups in total. The standard InChI is InChI=1S/C17H19NO6/c1-16(2)22-10-17(18-14(20)11-6-4-3-5-7-11)13(24-16)12(8-9-19)23-15(17)21/h3-7,9,12-13H,8,10H2,1-2H3,(H,18,20)/t12-,13+,17-/m1/s1. The number of benzene rings is 1. The number of ether oxygens (including phenoxy) is 3. The molecule has 0 spiro atoms. The summed E-state index contributed by atoms with van der Waals surface area (Å²) in [5.41, 5.74) is -1.06. The van der Waals surface area contributed by atoms with Gasteiger partial charge in [0, 0.05) is 12.0 Å². The highest BCUT2D eigenvalue weighted by atomic mass is 16.7. The minimum Gasteiger partial charge on any atom is -0.457 e. The topological polar surface area (TPSA) is 90.9 Å². The van der Waals surface area contributed by atoms with E-state index < -0.39 is 35.4 Å². The van der Waals surface area contributed by atoms with Crippen LogP contribution in [0.15, 0.2) is 30.3 Å². The quantitative estimate of drug-likeness (QED) is 0.648. The largest absolute Gasteiger partial charge is 0.457 e. The molecule has 0 saturated carbocycles. The van der Waals surface area contributed by atoms with Crippen LogP contribution in [0.25, 0.3) is 0 Å². The molecule has 0 unspecified atom stereocenters. The van der Waals surface area contributed by atoms with E-state index in [1.165, 1.54) is 0 Å². The summed E-state index contributed by atoms with van der Waals surface area (Å²) in [6.07, 6.45) is -0.894. The molecule has 1 amide bonds. The number of carbonyl (C=O) groups excluding carboxylic acids is 3. The first-order valence-corrected chi connectivity index (χ1v) is 7.72. The van der Waals surface area contributed by atoms with Crippen LogP contribution in [0.2, 0.25) is 0 Å². The zero-order valence-corrected chi connectivity index (χ0v) is 13.5. The number of cyclic esters (lactones) is 1. The van der Waals surface area contributed by atoms with Crippen molar-refractivity contribution in [3.05, 3.63) is 35.9 Å². The van der Waals surface area contributed by atoms with E-state index in [4.69, 9.17) is 14.2 Å². The minimum absolute atomic E-state index is 0.00452. The van der Waals surface area contributed by atoms with Gasteiger partial charge in [0.25, 0.3) is 5.91 Å². The molecule has 2 aliphatic rings. The molecule has 3 rings (SSSR count). The van der Waals surface area contributed by atoms with Crippen LogP contribution in [0.4, 0.5) is 0 Å². The fourth-order valence-electron chi connectivity index (χ4n) is 2.97. The summed E-state index contributed by atoms with van der Waals surface area (Å²) in [5.74, 6) is -2.03. The van der Waals surface area contributed by atoms with Gasteiger partial charge in [-0.3, -0.25) is 4.79 Å². The first kappa shape index (κ1) is 16.6. The van der Waals surface area contributed by atoms with E-state index in [9.17, 15) is 14.4 Å². The zero-order valence-electron chi connectivity index (χ0n) is 13.5. The Balaban J connectivity index is 1.91. The maximum atomic E-state index is 12.5. The van der Waals surface area contributed by atoms with E-state index in [2.05, 4.69) is 5.32 Å². The van der Waals surface area contributed by atoms with E-state index in [1.54, 1.807) is 44.2 Å². The predicted molar refractivity (Wildman–Crippen MR) is 82.1 cm³/mol. The summed E-state index contributed by atoms with van der Waals surface area (Å²) in [5, 5.41) is 2.71. The zero-order chi connectivity index (χ0) is 17.4. The molecule has 24 heavy (non-hydrogen) atoms. The smallest absolute Gasteiger partial charge is 0.337 e. The SMILES string of the molecule is CC1(C)OC[C@]2(NC(=O)c3ccccc3)C(=O)O[C@H](CC=O)[C@@H]2O1. The van der Waals surface area contributed by atoms with Gasteiger partial charge in [-0.25, -0.2) is 4.79 Å². The highest BCUT2D eigenvalue weighted by Gasteiger charge is 2.63. The Bertz CT molecular complexity index is 658. The first-order chi connectivity index (χ1) is 11.4. The van der Waals surface area contributed by atoms with Gasteiger partial charge in [-0.2, -0.15) is 0 Å². The average molecular weight is 333 g/mol. The lowest BCUT2D eigenvalue weighted by Gasteiger charge is -2.44. The molecule has 1 aromatic carbocycles. The number of hydrogen-bond donors (Lipinski definition) is 1.